The molecule has 0 saturated heterocycles. The minimum atomic E-state index is -0.103. The van der Waals surface area contributed by atoms with E-state index in [1.807, 2.05) is 6.07 Å². The Morgan fingerprint density at radius 1 is 0.558 bits per heavy atom. The zero-order chi connectivity index (χ0) is 29.0. The van der Waals surface area contributed by atoms with Gasteiger partial charge in [0.15, 0.2) is 11.5 Å². The van der Waals surface area contributed by atoms with Gasteiger partial charge in [-0.05, 0) is 63.2 Å². The summed E-state index contributed by atoms with van der Waals surface area (Å²) in [7, 11) is 0. The monoisotopic (exact) mass is 577 g/mol. The van der Waals surface area contributed by atoms with Crippen molar-refractivity contribution in [2.45, 2.75) is 19.3 Å². The highest BCUT2D eigenvalue weighted by Crippen LogP contribution is 2.58. The van der Waals surface area contributed by atoms with Crippen LogP contribution in [0, 0.1) is 0 Å². The quantitative estimate of drug-likeness (QED) is 0.203. The molecule has 0 saturated carbocycles. The summed E-state index contributed by atoms with van der Waals surface area (Å²) in [5.41, 5.74) is 10.9. The summed E-state index contributed by atoms with van der Waals surface area (Å²) in [6.07, 6.45) is 0. The molecule has 0 spiro atoms. The van der Waals surface area contributed by atoms with Crippen LogP contribution in [0.15, 0.2) is 127 Å². The minimum absolute atomic E-state index is 0.103. The van der Waals surface area contributed by atoms with Crippen molar-refractivity contribution >= 4 is 27.7 Å². The lowest BCUT2D eigenvalue weighted by atomic mass is 9.82. The summed E-state index contributed by atoms with van der Waals surface area (Å²) in [5.74, 6) is 1.64. The van der Waals surface area contributed by atoms with E-state index in [-0.39, 0.29) is 5.41 Å². The van der Waals surface area contributed by atoms with E-state index in [1.54, 1.807) is 11.3 Å². The molecule has 0 fully saturated rings. The van der Waals surface area contributed by atoms with Crippen LogP contribution in [0.1, 0.15) is 25.0 Å². The Kier molecular flexibility index (Phi) is 6.13. The number of fused-ring (bicyclic) bond motifs is 4. The Balaban J connectivity index is 1.32. The molecular weight excluding hydrogens is 547 g/mol. The van der Waals surface area contributed by atoms with Crippen LogP contribution in [0.3, 0.4) is 0 Å². The van der Waals surface area contributed by atoms with Gasteiger partial charge >= 0.3 is 0 Å². The molecule has 1 aromatic heterocycles. The number of hydrogen-bond acceptors (Lipinski definition) is 4. The highest BCUT2D eigenvalue weighted by molar-refractivity contribution is 7.20. The maximum atomic E-state index is 6.40. The van der Waals surface area contributed by atoms with Crippen molar-refractivity contribution in [2.24, 2.45) is 0 Å². The minimum Gasteiger partial charge on any atom is -0.485 e. The number of benzene rings is 5. The van der Waals surface area contributed by atoms with Crippen LogP contribution in [0.2, 0.25) is 0 Å². The van der Waals surface area contributed by atoms with Crippen LogP contribution < -0.4 is 14.4 Å². The second-order valence-corrected chi connectivity index (χ2v) is 12.6. The van der Waals surface area contributed by atoms with E-state index >= 15 is 0 Å². The Morgan fingerprint density at radius 2 is 1.14 bits per heavy atom. The van der Waals surface area contributed by atoms with Crippen molar-refractivity contribution in [2.75, 3.05) is 18.1 Å². The predicted octanol–water partition coefficient (Wildman–Crippen LogP) is 10.6. The summed E-state index contributed by atoms with van der Waals surface area (Å²) in [6.45, 7) is 5.73. The van der Waals surface area contributed by atoms with Gasteiger partial charge < -0.3 is 9.47 Å². The van der Waals surface area contributed by atoms with Gasteiger partial charge in [-0.3, -0.25) is 4.90 Å². The maximum absolute atomic E-state index is 6.40. The van der Waals surface area contributed by atoms with Crippen molar-refractivity contribution in [3.63, 3.8) is 0 Å². The number of anilines is 3. The first-order valence-corrected chi connectivity index (χ1v) is 15.6. The van der Waals surface area contributed by atoms with Crippen LogP contribution in [0.5, 0.6) is 11.5 Å². The SMILES string of the molecule is CC1(C)c2ccccc2-c2ccc(N(c3ccc(-c4ccccc4)cc3)c3sc(-c4ccccc4)c4c3OCCO4)cc21. The molecule has 43 heavy (non-hydrogen) atoms. The second-order valence-electron chi connectivity index (χ2n) is 11.6. The lowest BCUT2D eigenvalue weighted by Crippen LogP contribution is -2.18. The molecule has 0 atom stereocenters. The van der Waals surface area contributed by atoms with E-state index in [2.05, 4.69) is 140 Å². The van der Waals surface area contributed by atoms with Gasteiger partial charge in [0.1, 0.15) is 18.2 Å². The second kappa shape index (κ2) is 10.2. The summed E-state index contributed by atoms with van der Waals surface area (Å²) in [4.78, 5) is 3.43. The van der Waals surface area contributed by atoms with Gasteiger partial charge in [-0.25, -0.2) is 0 Å². The topological polar surface area (TPSA) is 21.7 Å². The zero-order valence-corrected chi connectivity index (χ0v) is 25.0. The Hall–Kier alpha value is -4.80. The van der Waals surface area contributed by atoms with Crippen molar-refractivity contribution < 1.29 is 9.47 Å². The molecule has 0 radical (unpaired) electrons. The van der Waals surface area contributed by atoms with Gasteiger partial charge in [-0.15, -0.1) is 11.3 Å². The van der Waals surface area contributed by atoms with E-state index in [9.17, 15) is 0 Å². The molecule has 3 nitrogen and oxygen atoms in total. The number of nitrogens with zero attached hydrogens (tertiary/aromatic N) is 1. The lowest BCUT2D eigenvalue weighted by Gasteiger charge is -2.28. The van der Waals surface area contributed by atoms with Crippen molar-refractivity contribution in [1.82, 2.24) is 0 Å². The van der Waals surface area contributed by atoms with Gasteiger partial charge in [0.25, 0.3) is 0 Å². The first-order valence-electron chi connectivity index (χ1n) is 14.8. The summed E-state index contributed by atoms with van der Waals surface area (Å²) < 4.78 is 12.7. The standard InChI is InChI=1S/C39H31NO2S/c1-39(2)33-16-10-9-15-31(33)32-22-21-30(25-34(32)39)40(29-19-17-27(18-20-29)26-11-5-3-6-12-26)38-36-35(41-23-24-42-36)37(43-38)28-13-7-4-8-14-28/h3-22,25H,23-24H2,1-2H3. The third-order valence-electron chi connectivity index (χ3n) is 8.68. The Labute approximate surface area is 256 Å². The van der Waals surface area contributed by atoms with Gasteiger partial charge in [0, 0.05) is 16.8 Å². The third-order valence-corrected chi connectivity index (χ3v) is 9.87. The fraction of sp³-hybridized carbons (Fsp3) is 0.128. The molecule has 5 aromatic carbocycles. The molecule has 210 valence electrons. The summed E-state index contributed by atoms with van der Waals surface area (Å²) in [5, 5.41) is 1.02. The van der Waals surface area contributed by atoms with E-state index < -0.39 is 0 Å². The van der Waals surface area contributed by atoms with Gasteiger partial charge in [-0.1, -0.05) is 117 Å². The normalized spacial score (nSPS) is 14.2. The first-order chi connectivity index (χ1) is 21.1. The highest BCUT2D eigenvalue weighted by atomic mass is 32.1. The molecule has 2 aliphatic rings. The van der Waals surface area contributed by atoms with Crippen LogP contribution in [0.4, 0.5) is 16.4 Å². The molecule has 2 heterocycles. The smallest absolute Gasteiger partial charge is 0.197 e. The van der Waals surface area contributed by atoms with Crippen LogP contribution in [-0.2, 0) is 5.41 Å². The first kappa shape index (κ1) is 25.9. The zero-order valence-electron chi connectivity index (χ0n) is 24.2. The van der Waals surface area contributed by atoms with E-state index in [0.717, 1.165) is 38.3 Å². The van der Waals surface area contributed by atoms with E-state index in [1.165, 1.54) is 33.4 Å². The molecule has 0 bridgehead atoms. The predicted molar refractivity (Wildman–Crippen MR) is 178 cm³/mol. The van der Waals surface area contributed by atoms with Crippen LogP contribution in [0.25, 0.3) is 32.7 Å². The van der Waals surface area contributed by atoms with Crippen molar-refractivity contribution in [3.8, 4) is 44.2 Å². The average molecular weight is 578 g/mol. The number of thiophene rings is 1. The molecule has 8 rings (SSSR count). The average Bonchev–Trinajstić information content (AvgIpc) is 3.55. The maximum Gasteiger partial charge on any atom is 0.197 e. The Bertz CT molecular complexity index is 1940. The van der Waals surface area contributed by atoms with Crippen LogP contribution >= 0.6 is 11.3 Å². The highest BCUT2D eigenvalue weighted by Gasteiger charge is 2.36. The summed E-state index contributed by atoms with van der Waals surface area (Å²) in [6, 6.07) is 45.6. The van der Waals surface area contributed by atoms with Crippen molar-refractivity contribution in [1.29, 1.82) is 0 Å². The molecular formula is C39H31NO2S. The molecule has 1 aliphatic heterocycles. The van der Waals surface area contributed by atoms with E-state index in [4.69, 9.17) is 9.47 Å². The largest absolute Gasteiger partial charge is 0.485 e. The number of rotatable bonds is 5. The fourth-order valence-corrected chi connectivity index (χ4v) is 7.75. The summed E-state index contributed by atoms with van der Waals surface area (Å²) >= 11 is 1.72. The molecule has 0 amide bonds. The van der Waals surface area contributed by atoms with E-state index in [0.29, 0.717) is 13.2 Å². The number of hydrogen-bond donors (Lipinski definition) is 0. The Morgan fingerprint density at radius 3 is 1.88 bits per heavy atom. The fourth-order valence-electron chi connectivity index (χ4n) is 6.51. The molecule has 6 aromatic rings. The number of ether oxygens (including phenoxy) is 2. The molecule has 4 heteroatoms. The molecule has 0 N–H and O–H groups in total. The van der Waals surface area contributed by atoms with Crippen LogP contribution in [-0.4, -0.2) is 13.2 Å². The molecule has 0 unspecified atom stereocenters. The third kappa shape index (κ3) is 4.25. The van der Waals surface area contributed by atoms with Gasteiger partial charge in [-0.2, -0.15) is 0 Å². The van der Waals surface area contributed by atoms with Crippen molar-refractivity contribution in [3.05, 3.63) is 139 Å². The van der Waals surface area contributed by atoms with Gasteiger partial charge in [0.2, 0.25) is 0 Å². The lowest BCUT2D eigenvalue weighted by molar-refractivity contribution is 0.175. The van der Waals surface area contributed by atoms with Gasteiger partial charge in [0.05, 0.1) is 4.88 Å². The molecule has 1 aliphatic carbocycles.